The molecule has 0 N–H and O–H groups in total. The van der Waals surface area contributed by atoms with E-state index in [0.717, 1.165) is 5.56 Å². The minimum absolute atomic E-state index is 0.0186. The number of rotatable bonds is 3. The average Bonchev–Trinajstić information content (AvgIpc) is 2.89. The van der Waals surface area contributed by atoms with Gasteiger partial charge < -0.3 is 9.64 Å². The lowest BCUT2D eigenvalue weighted by Crippen LogP contribution is -2.47. The van der Waals surface area contributed by atoms with Crippen LogP contribution in [0.1, 0.15) is 24.4 Å². The van der Waals surface area contributed by atoms with Crippen molar-refractivity contribution in [3.05, 3.63) is 35.9 Å². The van der Waals surface area contributed by atoms with Crippen molar-refractivity contribution in [2.45, 2.75) is 24.8 Å². The Balaban J connectivity index is 1.66. The van der Waals surface area contributed by atoms with Crippen molar-refractivity contribution < 1.29 is 23.1 Å². The van der Waals surface area contributed by atoms with E-state index in [2.05, 4.69) is 0 Å². The molecule has 124 valence electrons. The fourth-order valence-corrected chi connectivity index (χ4v) is 2.91. The van der Waals surface area contributed by atoms with Crippen LogP contribution in [0.2, 0.25) is 0 Å². The van der Waals surface area contributed by atoms with Gasteiger partial charge in [-0.25, -0.2) is 13.6 Å². The first kappa shape index (κ1) is 15.7. The SMILES string of the molecule is O=C(CN1C(=O)OC[C@@H]1c1ccccc1)N1CCC(F)(F)CC1. The summed E-state index contributed by atoms with van der Waals surface area (Å²) in [5, 5.41) is 0. The normalized spacial score (nSPS) is 23.7. The van der Waals surface area contributed by atoms with Crippen LogP contribution in [0.5, 0.6) is 0 Å². The number of carbonyl (C=O) groups excluding carboxylic acids is 2. The molecule has 0 radical (unpaired) electrons. The summed E-state index contributed by atoms with van der Waals surface area (Å²) >= 11 is 0. The zero-order chi connectivity index (χ0) is 16.4. The summed E-state index contributed by atoms with van der Waals surface area (Å²) in [5.74, 6) is -3.02. The highest BCUT2D eigenvalue weighted by molar-refractivity contribution is 5.83. The Labute approximate surface area is 132 Å². The number of likely N-dealkylation sites (tertiary alicyclic amines) is 1. The number of hydrogen-bond donors (Lipinski definition) is 0. The molecule has 2 aliphatic heterocycles. The molecule has 7 heteroatoms. The van der Waals surface area contributed by atoms with Gasteiger partial charge in [0.05, 0.1) is 6.04 Å². The Morgan fingerprint density at radius 2 is 1.87 bits per heavy atom. The standard InChI is InChI=1S/C16H18F2N2O3/c17-16(18)6-8-19(9-7-16)14(21)10-20-13(11-23-15(20)22)12-4-2-1-3-5-12/h1-5,13H,6-11H2/t13-/m1/s1. The smallest absolute Gasteiger partial charge is 0.410 e. The Bertz CT molecular complexity index is 584. The summed E-state index contributed by atoms with van der Waals surface area (Å²) in [4.78, 5) is 27.0. The Hall–Kier alpha value is -2.18. The van der Waals surface area contributed by atoms with Crippen LogP contribution in [0.4, 0.5) is 13.6 Å². The maximum Gasteiger partial charge on any atom is 0.410 e. The number of nitrogens with zero attached hydrogens (tertiary/aromatic N) is 2. The predicted molar refractivity (Wildman–Crippen MR) is 78.0 cm³/mol. The molecule has 1 aromatic carbocycles. The molecule has 0 aromatic heterocycles. The number of hydrogen-bond acceptors (Lipinski definition) is 3. The zero-order valence-electron chi connectivity index (χ0n) is 12.6. The van der Waals surface area contributed by atoms with Crippen molar-refractivity contribution in [2.24, 2.45) is 0 Å². The molecule has 1 aromatic rings. The first-order chi connectivity index (χ1) is 11.0. The Morgan fingerprint density at radius 3 is 2.52 bits per heavy atom. The zero-order valence-corrected chi connectivity index (χ0v) is 12.6. The summed E-state index contributed by atoms with van der Waals surface area (Å²) in [6.07, 6.45) is -1.20. The van der Waals surface area contributed by atoms with E-state index in [4.69, 9.17) is 4.74 Å². The number of benzene rings is 1. The van der Waals surface area contributed by atoms with E-state index in [1.807, 2.05) is 30.3 Å². The lowest BCUT2D eigenvalue weighted by molar-refractivity contribution is -0.138. The first-order valence-electron chi connectivity index (χ1n) is 7.60. The molecule has 0 saturated carbocycles. The van der Waals surface area contributed by atoms with Crippen LogP contribution < -0.4 is 0 Å². The number of piperidine rings is 1. The van der Waals surface area contributed by atoms with Crippen LogP contribution in [0.15, 0.2) is 30.3 Å². The number of carbonyl (C=O) groups is 2. The van der Waals surface area contributed by atoms with Crippen LogP contribution in [0, 0.1) is 0 Å². The topological polar surface area (TPSA) is 49.9 Å². The maximum absolute atomic E-state index is 13.2. The van der Waals surface area contributed by atoms with E-state index in [1.54, 1.807) is 0 Å². The van der Waals surface area contributed by atoms with Crippen LogP contribution in [-0.2, 0) is 9.53 Å². The van der Waals surface area contributed by atoms with Crippen molar-refractivity contribution in [1.82, 2.24) is 9.80 Å². The van der Waals surface area contributed by atoms with Gasteiger partial charge in [0, 0.05) is 25.9 Å². The van der Waals surface area contributed by atoms with Gasteiger partial charge in [-0.1, -0.05) is 30.3 Å². The number of amides is 2. The third kappa shape index (κ3) is 3.43. The molecule has 2 aliphatic rings. The van der Waals surface area contributed by atoms with Crippen molar-refractivity contribution in [2.75, 3.05) is 26.2 Å². The number of cyclic esters (lactones) is 1. The van der Waals surface area contributed by atoms with Gasteiger partial charge in [0.25, 0.3) is 5.92 Å². The molecule has 1 atom stereocenters. The summed E-state index contributed by atoms with van der Waals surface area (Å²) < 4.78 is 31.4. The van der Waals surface area contributed by atoms with E-state index in [0.29, 0.717) is 0 Å². The van der Waals surface area contributed by atoms with Gasteiger partial charge in [-0.3, -0.25) is 9.69 Å². The lowest BCUT2D eigenvalue weighted by atomic mass is 10.1. The highest BCUT2D eigenvalue weighted by Gasteiger charge is 2.39. The molecule has 2 heterocycles. The third-order valence-corrected chi connectivity index (χ3v) is 4.31. The largest absolute Gasteiger partial charge is 0.447 e. The van der Waals surface area contributed by atoms with E-state index < -0.39 is 12.0 Å². The van der Waals surface area contributed by atoms with Gasteiger partial charge in [-0.15, -0.1) is 0 Å². The molecule has 0 spiro atoms. The minimum atomic E-state index is -2.70. The number of alkyl halides is 2. The minimum Gasteiger partial charge on any atom is -0.447 e. The van der Waals surface area contributed by atoms with Crippen LogP contribution in [-0.4, -0.2) is 54.0 Å². The van der Waals surface area contributed by atoms with E-state index in [1.165, 1.54) is 9.80 Å². The third-order valence-electron chi connectivity index (χ3n) is 4.31. The summed E-state index contributed by atoms with van der Waals surface area (Å²) in [6.45, 7) is 0.0770. The molecule has 2 amide bonds. The number of halogens is 2. The Kier molecular flexibility index (Phi) is 4.19. The monoisotopic (exact) mass is 324 g/mol. The van der Waals surface area contributed by atoms with E-state index in [9.17, 15) is 18.4 Å². The lowest BCUT2D eigenvalue weighted by Gasteiger charge is -2.33. The second-order valence-corrected chi connectivity index (χ2v) is 5.87. The van der Waals surface area contributed by atoms with Crippen molar-refractivity contribution in [1.29, 1.82) is 0 Å². The first-order valence-corrected chi connectivity index (χ1v) is 7.60. The fraction of sp³-hybridized carbons (Fsp3) is 0.500. The average molecular weight is 324 g/mol. The van der Waals surface area contributed by atoms with Crippen molar-refractivity contribution >= 4 is 12.0 Å². The van der Waals surface area contributed by atoms with Gasteiger partial charge in [0.1, 0.15) is 13.2 Å². The summed E-state index contributed by atoms with van der Waals surface area (Å²) in [7, 11) is 0. The van der Waals surface area contributed by atoms with E-state index >= 15 is 0 Å². The Morgan fingerprint density at radius 1 is 1.22 bits per heavy atom. The molecule has 0 aliphatic carbocycles. The fourth-order valence-electron chi connectivity index (χ4n) is 2.91. The summed E-state index contributed by atoms with van der Waals surface area (Å²) in [6, 6.07) is 8.98. The highest BCUT2D eigenvalue weighted by atomic mass is 19.3. The molecule has 0 unspecified atom stereocenters. The van der Waals surface area contributed by atoms with Gasteiger partial charge in [0.2, 0.25) is 5.91 Å². The van der Waals surface area contributed by atoms with Gasteiger partial charge in [-0.05, 0) is 5.56 Å². The van der Waals surface area contributed by atoms with Gasteiger partial charge in [0.15, 0.2) is 0 Å². The number of ether oxygens (including phenoxy) is 1. The van der Waals surface area contributed by atoms with Crippen LogP contribution in [0.3, 0.4) is 0 Å². The quantitative estimate of drug-likeness (QED) is 0.858. The highest BCUT2D eigenvalue weighted by Crippen LogP contribution is 2.30. The molecule has 23 heavy (non-hydrogen) atoms. The van der Waals surface area contributed by atoms with Crippen LogP contribution >= 0.6 is 0 Å². The van der Waals surface area contributed by atoms with Crippen molar-refractivity contribution in [3.8, 4) is 0 Å². The second kappa shape index (κ2) is 6.14. The molecular weight excluding hydrogens is 306 g/mol. The van der Waals surface area contributed by atoms with E-state index in [-0.39, 0.29) is 51.0 Å². The molecule has 5 nitrogen and oxygen atoms in total. The molecule has 2 saturated heterocycles. The van der Waals surface area contributed by atoms with Crippen molar-refractivity contribution in [3.63, 3.8) is 0 Å². The summed E-state index contributed by atoms with van der Waals surface area (Å²) in [5.41, 5.74) is 0.885. The van der Waals surface area contributed by atoms with Crippen LogP contribution in [0.25, 0.3) is 0 Å². The second-order valence-electron chi connectivity index (χ2n) is 5.87. The predicted octanol–water partition coefficient (Wildman–Crippen LogP) is 2.44. The molecule has 2 fully saturated rings. The molecule has 3 rings (SSSR count). The van der Waals surface area contributed by atoms with Gasteiger partial charge in [-0.2, -0.15) is 0 Å². The van der Waals surface area contributed by atoms with Gasteiger partial charge >= 0.3 is 6.09 Å². The molecule has 0 bridgehead atoms. The maximum atomic E-state index is 13.2. The molecular formula is C16H18F2N2O3.